The van der Waals surface area contributed by atoms with Crippen molar-refractivity contribution in [3.05, 3.63) is 95.0 Å². The van der Waals surface area contributed by atoms with Gasteiger partial charge in [-0.2, -0.15) is 0 Å². The first kappa shape index (κ1) is 18.2. The zero-order valence-electron chi connectivity index (χ0n) is 15.4. The molecule has 0 spiro atoms. The summed E-state index contributed by atoms with van der Waals surface area (Å²) in [7, 11) is 1.78. The molecule has 28 heavy (non-hydrogen) atoms. The standard InChI is InChI=1S/C22H19ClN4O/c1-26(22(28)16-10-12-24-13-11-16)15-21-25-19-8-4-5-9-20(19)27(21)14-17-6-2-3-7-18(17)23/h2-13H,14-15H2,1H3. The van der Waals surface area contributed by atoms with Gasteiger partial charge in [-0.05, 0) is 35.9 Å². The molecule has 5 nitrogen and oxygen atoms in total. The predicted octanol–water partition coefficient (Wildman–Crippen LogP) is 4.41. The number of aromatic nitrogens is 3. The minimum absolute atomic E-state index is 0.0706. The molecule has 0 fully saturated rings. The number of amides is 1. The van der Waals surface area contributed by atoms with Gasteiger partial charge >= 0.3 is 0 Å². The molecule has 0 aliphatic rings. The smallest absolute Gasteiger partial charge is 0.254 e. The summed E-state index contributed by atoms with van der Waals surface area (Å²) in [4.78, 5) is 23.1. The van der Waals surface area contributed by atoms with Gasteiger partial charge in [0, 0.05) is 30.0 Å². The highest BCUT2D eigenvalue weighted by molar-refractivity contribution is 6.31. The number of rotatable bonds is 5. The van der Waals surface area contributed by atoms with Crippen LogP contribution in [-0.2, 0) is 13.1 Å². The first-order valence-corrected chi connectivity index (χ1v) is 9.34. The maximum absolute atomic E-state index is 12.7. The zero-order chi connectivity index (χ0) is 19.5. The molecule has 4 aromatic rings. The number of nitrogens with zero attached hydrogens (tertiary/aromatic N) is 4. The van der Waals surface area contributed by atoms with Gasteiger partial charge < -0.3 is 9.47 Å². The molecule has 0 atom stereocenters. The van der Waals surface area contributed by atoms with Crippen LogP contribution in [0.4, 0.5) is 0 Å². The fourth-order valence-electron chi connectivity index (χ4n) is 3.22. The van der Waals surface area contributed by atoms with Crippen LogP contribution < -0.4 is 0 Å². The highest BCUT2D eigenvalue weighted by atomic mass is 35.5. The summed E-state index contributed by atoms with van der Waals surface area (Å²) in [6.45, 7) is 0.979. The van der Waals surface area contributed by atoms with Crippen molar-refractivity contribution in [2.24, 2.45) is 0 Å². The monoisotopic (exact) mass is 390 g/mol. The van der Waals surface area contributed by atoms with E-state index in [4.69, 9.17) is 16.6 Å². The number of carbonyl (C=O) groups excluding carboxylic acids is 1. The average Bonchev–Trinajstić information content (AvgIpc) is 3.07. The highest BCUT2D eigenvalue weighted by Gasteiger charge is 2.17. The van der Waals surface area contributed by atoms with E-state index in [1.807, 2.05) is 48.5 Å². The zero-order valence-corrected chi connectivity index (χ0v) is 16.2. The van der Waals surface area contributed by atoms with E-state index in [9.17, 15) is 4.79 Å². The molecule has 2 heterocycles. The van der Waals surface area contributed by atoms with Crippen molar-refractivity contribution in [3.63, 3.8) is 0 Å². The third-order valence-electron chi connectivity index (χ3n) is 4.67. The molecule has 0 saturated heterocycles. The second-order valence-corrected chi connectivity index (χ2v) is 7.00. The van der Waals surface area contributed by atoms with E-state index in [0.717, 1.165) is 22.4 Å². The number of pyridine rings is 1. The first-order chi connectivity index (χ1) is 13.6. The fraction of sp³-hybridized carbons (Fsp3) is 0.136. The van der Waals surface area contributed by atoms with Gasteiger partial charge in [-0.25, -0.2) is 4.98 Å². The van der Waals surface area contributed by atoms with Crippen molar-refractivity contribution in [2.45, 2.75) is 13.1 Å². The summed E-state index contributed by atoms with van der Waals surface area (Å²) < 4.78 is 2.12. The average molecular weight is 391 g/mol. The number of carbonyl (C=O) groups is 1. The van der Waals surface area contributed by atoms with Gasteiger partial charge in [0.05, 0.1) is 24.1 Å². The van der Waals surface area contributed by atoms with Crippen molar-refractivity contribution in [1.82, 2.24) is 19.4 Å². The first-order valence-electron chi connectivity index (χ1n) is 8.96. The lowest BCUT2D eigenvalue weighted by Gasteiger charge is -2.18. The number of benzene rings is 2. The Kier molecular flexibility index (Phi) is 5.08. The van der Waals surface area contributed by atoms with E-state index in [2.05, 4.69) is 9.55 Å². The Morgan fingerprint density at radius 1 is 1.04 bits per heavy atom. The van der Waals surface area contributed by atoms with Gasteiger partial charge in [0.15, 0.2) is 0 Å². The molecule has 2 aromatic heterocycles. The Bertz CT molecular complexity index is 1120. The predicted molar refractivity (Wildman–Crippen MR) is 110 cm³/mol. The second kappa shape index (κ2) is 7.82. The number of halogens is 1. The second-order valence-electron chi connectivity index (χ2n) is 6.59. The lowest BCUT2D eigenvalue weighted by atomic mass is 10.2. The molecule has 4 rings (SSSR count). The fourth-order valence-corrected chi connectivity index (χ4v) is 3.41. The summed E-state index contributed by atoms with van der Waals surface area (Å²) in [5.74, 6) is 0.741. The normalized spacial score (nSPS) is 10.9. The van der Waals surface area contributed by atoms with Crippen molar-refractivity contribution in [2.75, 3.05) is 7.05 Å². The molecule has 2 aromatic carbocycles. The van der Waals surface area contributed by atoms with E-state index in [1.54, 1.807) is 36.5 Å². The lowest BCUT2D eigenvalue weighted by Crippen LogP contribution is -2.27. The van der Waals surface area contributed by atoms with Crippen molar-refractivity contribution in [1.29, 1.82) is 0 Å². The van der Waals surface area contributed by atoms with Gasteiger partial charge in [0.1, 0.15) is 5.82 Å². The van der Waals surface area contributed by atoms with E-state index in [0.29, 0.717) is 23.7 Å². The minimum atomic E-state index is -0.0706. The van der Waals surface area contributed by atoms with Crippen LogP contribution in [0.15, 0.2) is 73.1 Å². The van der Waals surface area contributed by atoms with Crippen LogP contribution in [0.2, 0.25) is 5.02 Å². The Morgan fingerprint density at radius 2 is 1.75 bits per heavy atom. The van der Waals surface area contributed by atoms with Gasteiger partial charge in [-0.15, -0.1) is 0 Å². The molecule has 0 aliphatic heterocycles. The SMILES string of the molecule is CN(Cc1nc2ccccc2n1Cc1ccccc1Cl)C(=O)c1ccncc1. The molecule has 0 saturated carbocycles. The summed E-state index contributed by atoms with van der Waals surface area (Å²) >= 11 is 6.38. The van der Waals surface area contributed by atoms with Gasteiger partial charge in [-0.3, -0.25) is 9.78 Å². The number of para-hydroxylation sites is 2. The molecule has 0 radical (unpaired) electrons. The van der Waals surface area contributed by atoms with Gasteiger partial charge in [0.2, 0.25) is 0 Å². The van der Waals surface area contributed by atoms with Crippen LogP contribution in [-0.4, -0.2) is 32.4 Å². The molecule has 140 valence electrons. The number of hydrogen-bond acceptors (Lipinski definition) is 3. The summed E-state index contributed by atoms with van der Waals surface area (Å²) in [6.07, 6.45) is 3.24. The van der Waals surface area contributed by atoms with Crippen LogP contribution in [0.5, 0.6) is 0 Å². The Morgan fingerprint density at radius 3 is 2.54 bits per heavy atom. The molecule has 0 unspecified atom stereocenters. The quantitative estimate of drug-likeness (QED) is 0.507. The van der Waals surface area contributed by atoms with Gasteiger partial charge in [-0.1, -0.05) is 41.9 Å². The topological polar surface area (TPSA) is 51.0 Å². The summed E-state index contributed by atoms with van der Waals surface area (Å²) in [5.41, 5.74) is 3.53. The Hall–Kier alpha value is -3.18. The van der Waals surface area contributed by atoms with Crippen LogP contribution in [0.25, 0.3) is 11.0 Å². The number of imidazole rings is 1. The molecule has 1 amide bonds. The van der Waals surface area contributed by atoms with Crippen molar-refractivity contribution < 1.29 is 4.79 Å². The lowest BCUT2D eigenvalue weighted by molar-refractivity contribution is 0.0780. The van der Waals surface area contributed by atoms with E-state index >= 15 is 0 Å². The number of hydrogen-bond donors (Lipinski definition) is 0. The molecule has 6 heteroatoms. The summed E-state index contributed by atoms with van der Waals surface area (Å²) in [5, 5.41) is 0.715. The maximum Gasteiger partial charge on any atom is 0.254 e. The van der Waals surface area contributed by atoms with Crippen LogP contribution in [0.1, 0.15) is 21.7 Å². The van der Waals surface area contributed by atoms with Gasteiger partial charge in [0.25, 0.3) is 5.91 Å². The Labute approximate surface area is 168 Å². The molecular weight excluding hydrogens is 372 g/mol. The van der Waals surface area contributed by atoms with Crippen LogP contribution in [0.3, 0.4) is 0 Å². The number of fused-ring (bicyclic) bond motifs is 1. The minimum Gasteiger partial charge on any atom is -0.334 e. The molecule has 0 aliphatic carbocycles. The third kappa shape index (κ3) is 3.62. The third-order valence-corrected chi connectivity index (χ3v) is 5.04. The van der Waals surface area contributed by atoms with E-state index in [1.165, 1.54) is 0 Å². The van der Waals surface area contributed by atoms with E-state index in [-0.39, 0.29) is 5.91 Å². The van der Waals surface area contributed by atoms with Crippen molar-refractivity contribution >= 4 is 28.5 Å². The van der Waals surface area contributed by atoms with E-state index < -0.39 is 0 Å². The van der Waals surface area contributed by atoms with Crippen LogP contribution in [0, 0.1) is 0 Å². The summed E-state index contributed by atoms with van der Waals surface area (Å²) in [6, 6.07) is 19.2. The molecular formula is C22H19ClN4O. The highest BCUT2D eigenvalue weighted by Crippen LogP contribution is 2.22. The molecule has 0 N–H and O–H groups in total. The maximum atomic E-state index is 12.7. The van der Waals surface area contributed by atoms with Crippen molar-refractivity contribution in [3.8, 4) is 0 Å². The largest absolute Gasteiger partial charge is 0.334 e. The van der Waals surface area contributed by atoms with Crippen LogP contribution >= 0.6 is 11.6 Å². The Balaban J connectivity index is 1.68. The molecule has 0 bridgehead atoms.